The van der Waals surface area contributed by atoms with Crippen molar-refractivity contribution >= 4 is 21.6 Å². The third-order valence-electron chi connectivity index (χ3n) is 3.07. The highest BCUT2D eigenvalue weighted by molar-refractivity contribution is 7.17. The molecule has 0 aromatic carbocycles. The lowest BCUT2D eigenvalue weighted by molar-refractivity contribution is 0.548. The standard InChI is InChI=1S/C14H14N4OS/c1-9(10-4-2-3-6-15-10)16-8-12-17-11-5-7-20-13(11)14(19)18-12/h2-7,9,16H,8H2,1H3,(H,17,18,19)/t9-/m1/s1. The number of aromatic nitrogens is 3. The minimum atomic E-state index is -0.0766. The fourth-order valence-corrected chi connectivity index (χ4v) is 2.72. The molecule has 1 atom stereocenters. The maximum atomic E-state index is 11.9. The molecule has 6 heteroatoms. The largest absolute Gasteiger partial charge is 0.308 e. The number of thiophene rings is 1. The molecule has 0 aliphatic rings. The summed E-state index contributed by atoms with van der Waals surface area (Å²) in [5.41, 5.74) is 1.64. The van der Waals surface area contributed by atoms with Gasteiger partial charge in [-0.3, -0.25) is 9.78 Å². The van der Waals surface area contributed by atoms with Crippen LogP contribution >= 0.6 is 11.3 Å². The van der Waals surface area contributed by atoms with Crippen molar-refractivity contribution in [1.82, 2.24) is 20.3 Å². The van der Waals surface area contributed by atoms with E-state index in [1.54, 1.807) is 6.20 Å². The van der Waals surface area contributed by atoms with Crippen LogP contribution in [-0.2, 0) is 6.54 Å². The van der Waals surface area contributed by atoms with E-state index in [0.29, 0.717) is 17.1 Å². The molecule has 3 heterocycles. The third kappa shape index (κ3) is 2.61. The molecule has 3 rings (SSSR count). The average Bonchev–Trinajstić information content (AvgIpc) is 2.94. The normalized spacial score (nSPS) is 12.7. The van der Waals surface area contributed by atoms with Crippen molar-refractivity contribution in [2.24, 2.45) is 0 Å². The molecule has 102 valence electrons. The van der Waals surface area contributed by atoms with E-state index < -0.39 is 0 Å². The lowest BCUT2D eigenvalue weighted by Gasteiger charge is -2.12. The molecule has 0 bridgehead atoms. The Morgan fingerprint density at radius 3 is 3.10 bits per heavy atom. The van der Waals surface area contributed by atoms with Crippen LogP contribution in [0.15, 0.2) is 40.6 Å². The molecule has 0 aliphatic carbocycles. The maximum Gasteiger partial charge on any atom is 0.268 e. The third-order valence-corrected chi connectivity index (χ3v) is 3.97. The van der Waals surface area contributed by atoms with Crippen LogP contribution < -0.4 is 10.9 Å². The van der Waals surface area contributed by atoms with Crippen LogP contribution in [0.5, 0.6) is 0 Å². The van der Waals surface area contributed by atoms with E-state index in [9.17, 15) is 4.79 Å². The summed E-state index contributed by atoms with van der Waals surface area (Å²) in [5.74, 6) is 0.642. The summed E-state index contributed by atoms with van der Waals surface area (Å²) in [6, 6.07) is 7.77. The lowest BCUT2D eigenvalue weighted by Crippen LogP contribution is -2.22. The van der Waals surface area contributed by atoms with E-state index in [1.165, 1.54) is 11.3 Å². The molecule has 3 aromatic heterocycles. The number of nitrogens with zero attached hydrogens (tertiary/aromatic N) is 2. The molecule has 0 unspecified atom stereocenters. The summed E-state index contributed by atoms with van der Waals surface area (Å²) in [4.78, 5) is 23.4. The van der Waals surface area contributed by atoms with Gasteiger partial charge in [-0.25, -0.2) is 4.98 Å². The van der Waals surface area contributed by atoms with Crippen molar-refractivity contribution in [3.63, 3.8) is 0 Å². The van der Waals surface area contributed by atoms with Gasteiger partial charge in [-0.1, -0.05) is 6.07 Å². The van der Waals surface area contributed by atoms with E-state index in [4.69, 9.17) is 0 Å². The van der Waals surface area contributed by atoms with E-state index in [1.807, 2.05) is 36.6 Å². The van der Waals surface area contributed by atoms with Crippen molar-refractivity contribution in [2.45, 2.75) is 19.5 Å². The van der Waals surface area contributed by atoms with Crippen LogP contribution in [0.25, 0.3) is 10.2 Å². The molecular weight excluding hydrogens is 272 g/mol. The zero-order chi connectivity index (χ0) is 13.9. The fourth-order valence-electron chi connectivity index (χ4n) is 1.99. The van der Waals surface area contributed by atoms with Crippen LogP contribution in [0.3, 0.4) is 0 Å². The van der Waals surface area contributed by atoms with Gasteiger partial charge >= 0.3 is 0 Å². The summed E-state index contributed by atoms with van der Waals surface area (Å²) in [7, 11) is 0. The number of pyridine rings is 1. The Hall–Kier alpha value is -2.05. The van der Waals surface area contributed by atoms with Crippen molar-refractivity contribution in [1.29, 1.82) is 0 Å². The summed E-state index contributed by atoms with van der Waals surface area (Å²) < 4.78 is 0.673. The Morgan fingerprint density at radius 1 is 1.40 bits per heavy atom. The number of fused-ring (bicyclic) bond motifs is 1. The van der Waals surface area contributed by atoms with Gasteiger partial charge < -0.3 is 10.3 Å². The smallest absolute Gasteiger partial charge is 0.268 e. The number of H-pyrrole nitrogens is 1. The molecule has 2 N–H and O–H groups in total. The lowest BCUT2D eigenvalue weighted by atomic mass is 10.2. The Bertz CT molecular complexity index is 765. The van der Waals surface area contributed by atoms with Gasteiger partial charge in [0, 0.05) is 12.2 Å². The minimum absolute atomic E-state index is 0.0766. The molecule has 0 radical (unpaired) electrons. The average molecular weight is 286 g/mol. The van der Waals surface area contributed by atoms with Gasteiger partial charge in [-0.15, -0.1) is 11.3 Å². The molecule has 0 amide bonds. The quantitative estimate of drug-likeness (QED) is 0.771. The van der Waals surface area contributed by atoms with Crippen molar-refractivity contribution in [3.8, 4) is 0 Å². The topological polar surface area (TPSA) is 70.7 Å². The molecule has 3 aromatic rings. The number of hydrogen-bond acceptors (Lipinski definition) is 5. The van der Waals surface area contributed by atoms with Crippen molar-refractivity contribution < 1.29 is 0 Å². The summed E-state index contributed by atoms with van der Waals surface area (Å²) in [6.45, 7) is 2.53. The van der Waals surface area contributed by atoms with Crippen molar-refractivity contribution in [3.05, 3.63) is 57.7 Å². The van der Waals surface area contributed by atoms with E-state index in [-0.39, 0.29) is 11.6 Å². The molecule has 0 aliphatic heterocycles. The first-order valence-electron chi connectivity index (χ1n) is 6.35. The first kappa shape index (κ1) is 13.0. The highest BCUT2D eigenvalue weighted by Crippen LogP contribution is 2.14. The monoisotopic (exact) mass is 286 g/mol. The number of rotatable bonds is 4. The van der Waals surface area contributed by atoms with E-state index in [0.717, 1.165) is 11.2 Å². The Morgan fingerprint density at radius 2 is 2.30 bits per heavy atom. The SMILES string of the molecule is C[C@@H](NCc1nc2ccsc2c(=O)[nH]1)c1ccccn1. The Balaban J connectivity index is 1.75. The highest BCUT2D eigenvalue weighted by atomic mass is 32.1. The van der Waals surface area contributed by atoms with Crippen LogP contribution in [0.1, 0.15) is 24.5 Å². The second-order valence-corrected chi connectivity index (χ2v) is 5.42. The Labute approximate surface area is 119 Å². The zero-order valence-electron chi connectivity index (χ0n) is 11.0. The molecule has 0 saturated heterocycles. The van der Waals surface area contributed by atoms with Gasteiger partial charge in [0.25, 0.3) is 5.56 Å². The van der Waals surface area contributed by atoms with Gasteiger partial charge in [0.05, 0.1) is 17.8 Å². The van der Waals surface area contributed by atoms with Crippen LogP contribution in [0.2, 0.25) is 0 Å². The number of aromatic amines is 1. The molecule has 0 saturated carbocycles. The van der Waals surface area contributed by atoms with Gasteiger partial charge in [-0.05, 0) is 30.5 Å². The first-order chi connectivity index (χ1) is 9.74. The highest BCUT2D eigenvalue weighted by Gasteiger charge is 2.08. The van der Waals surface area contributed by atoms with E-state index in [2.05, 4.69) is 20.3 Å². The molecule has 5 nitrogen and oxygen atoms in total. The molecule has 0 fully saturated rings. The Kier molecular flexibility index (Phi) is 3.58. The van der Waals surface area contributed by atoms with Gasteiger partial charge in [0.2, 0.25) is 0 Å². The zero-order valence-corrected chi connectivity index (χ0v) is 11.8. The van der Waals surface area contributed by atoms with Gasteiger partial charge in [0.15, 0.2) is 0 Å². The van der Waals surface area contributed by atoms with Gasteiger partial charge in [0.1, 0.15) is 10.5 Å². The minimum Gasteiger partial charge on any atom is -0.308 e. The van der Waals surface area contributed by atoms with Crippen molar-refractivity contribution in [2.75, 3.05) is 0 Å². The van der Waals surface area contributed by atoms with Gasteiger partial charge in [-0.2, -0.15) is 0 Å². The fraction of sp³-hybridized carbons (Fsp3) is 0.214. The number of hydrogen-bond donors (Lipinski definition) is 2. The van der Waals surface area contributed by atoms with Crippen LogP contribution in [-0.4, -0.2) is 15.0 Å². The van der Waals surface area contributed by atoms with Crippen LogP contribution in [0.4, 0.5) is 0 Å². The molecular formula is C14H14N4OS. The summed E-state index contributed by atoms with van der Waals surface area (Å²) >= 11 is 1.41. The first-order valence-corrected chi connectivity index (χ1v) is 7.23. The molecule has 20 heavy (non-hydrogen) atoms. The number of nitrogens with one attached hydrogen (secondary N) is 2. The second-order valence-electron chi connectivity index (χ2n) is 4.50. The predicted octanol–water partition coefficient (Wildman–Crippen LogP) is 2.23. The van der Waals surface area contributed by atoms with E-state index >= 15 is 0 Å². The maximum absolute atomic E-state index is 11.9. The molecule has 0 spiro atoms. The van der Waals surface area contributed by atoms with Crippen LogP contribution in [0, 0.1) is 0 Å². The summed E-state index contributed by atoms with van der Waals surface area (Å²) in [5, 5.41) is 5.18. The predicted molar refractivity (Wildman–Crippen MR) is 79.7 cm³/mol. The summed E-state index contributed by atoms with van der Waals surface area (Å²) in [6.07, 6.45) is 1.77. The second kappa shape index (κ2) is 5.52.